The summed E-state index contributed by atoms with van der Waals surface area (Å²) in [6, 6.07) is -0.350. The summed E-state index contributed by atoms with van der Waals surface area (Å²) in [5, 5.41) is 2.65. The molecule has 0 aliphatic heterocycles. The van der Waals surface area contributed by atoms with Gasteiger partial charge in [0.15, 0.2) is 0 Å². The number of hydrogen-bond donors (Lipinski definition) is 1. The molecule has 2 unspecified atom stereocenters. The van der Waals surface area contributed by atoms with E-state index in [1.54, 1.807) is 26.8 Å². The number of rotatable bonds is 2. The minimum atomic E-state index is -0.548. The van der Waals surface area contributed by atoms with Gasteiger partial charge in [0.2, 0.25) is 0 Å². The monoisotopic (exact) mass is 241 g/mol. The SMILES string of the molecule is COC(=O)C1CC=CC1NC(=O)OC(C)(C)C. The maximum absolute atomic E-state index is 11.6. The van der Waals surface area contributed by atoms with Crippen molar-refractivity contribution in [3.63, 3.8) is 0 Å². The van der Waals surface area contributed by atoms with Crippen LogP contribution in [0.2, 0.25) is 0 Å². The van der Waals surface area contributed by atoms with Crippen molar-refractivity contribution in [3.05, 3.63) is 12.2 Å². The predicted molar refractivity (Wildman–Crippen MR) is 62.4 cm³/mol. The summed E-state index contributed by atoms with van der Waals surface area (Å²) < 4.78 is 9.80. The van der Waals surface area contributed by atoms with Crippen LogP contribution in [0.15, 0.2) is 12.2 Å². The van der Waals surface area contributed by atoms with E-state index in [0.29, 0.717) is 6.42 Å². The highest BCUT2D eigenvalue weighted by Crippen LogP contribution is 2.20. The third kappa shape index (κ3) is 4.09. The average molecular weight is 241 g/mol. The molecule has 0 aromatic carbocycles. The lowest BCUT2D eigenvalue weighted by atomic mass is 10.0. The van der Waals surface area contributed by atoms with Crippen LogP contribution in [0.5, 0.6) is 0 Å². The molecule has 5 heteroatoms. The number of nitrogens with one attached hydrogen (secondary N) is 1. The molecule has 17 heavy (non-hydrogen) atoms. The van der Waals surface area contributed by atoms with Gasteiger partial charge in [-0.1, -0.05) is 12.2 Å². The van der Waals surface area contributed by atoms with Crippen LogP contribution in [0.3, 0.4) is 0 Å². The number of carbonyl (C=O) groups is 2. The molecular weight excluding hydrogens is 222 g/mol. The molecule has 0 saturated heterocycles. The average Bonchev–Trinajstić information content (AvgIpc) is 2.61. The van der Waals surface area contributed by atoms with E-state index in [-0.39, 0.29) is 17.9 Å². The summed E-state index contributed by atoms with van der Waals surface area (Å²) in [6.45, 7) is 5.36. The Morgan fingerprint density at radius 2 is 2.00 bits per heavy atom. The number of allylic oxidation sites excluding steroid dienone is 1. The van der Waals surface area contributed by atoms with Crippen LogP contribution in [0.1, 0.15) is 27.2 Å². The molecule has 0 heterocycles. The Morgan fingerprint density at radius 3 is 2.53 bits per heavy atom. The fourth-order valence-corrected chi connectivity index (χ4v) is 1.64. The predicted octanol–water partition coefficient (Wildman–Crippen LogP) is 1.63. The second kappa shape index (κ2) is 5.21. The minimum Gasteiger partial charge on any atom is -0.469 e. The molecule has 0 aromatic heterocycles. The summed E-state index contributed by atoms with van der Waals surface area (Å²) in [7, 11) is 1.34. The number of alkyl carbamates (subject to hydrolysis) is 1. The lowest BCUT2D eigenvalue weighted by Crippen LogP contribution is -2.42. The van der Waals surface area contributed by atoms with Crippen molar-refractivity contribution in [1.82, 2.24) is 5.32 Å². The van der Waals surface area contributed by atoms with Gasteiger partial charge in [-0.3, -0.25) is 4.79 Å². The smallest absolute Gasteiger partial charge is 0.408 e. The molecule has 1 aliphatic carbocycles. The van der Waals surface area contributed by atoms with Gasteiger partial charge >= 0.3 is 12.1 Å². The zero-order chi connectivity index (χ0) is 13.1. The second-order valence-corrected chi connectivity index (χ2v) is 4.97. The Kier molecular flexibility index (Phi) is 4.15. The second-order valence-electron chi connectivity index (χ2n) is 4.97. The Labute approximate surface area is 101 Å². The van der Waals surface area contributed by atoms with E-state index in [1.165, 1.54) is 7.11 Å². The molecule has 0 saturated carbocycles. The van der Waals surface area contributed by atoms with Crippen molar-refractivity contribution in [2.24, 2.45) is 5.92 Å². The number of esters is 1. The van der Waals surface area contributed by atoms with Gasteiger partial charge in [0, 0.05) is 0 Å². The van der Waals surface area contributed by atoms with E-state index in [2.05, 4.69) is 10.1 Å². The van der Waals surface area contributed by atoms with Gasteiger partial charge < -0.3 is 14.8 Å². The first-order valence-corrected chi connectivity index (χ1v) is 5.57. The Hall–Kier alpha value is -1.52. The molecule has 1 rings (SSSR count). The van der Waals surface area contributed by atoms with Gasteiger partial charge in [0.1, 0.15) is 5.60 Å². The summed E-state index contributed by atoms with van der Waals surface area (Å²) in [4.78, 5) is 23.0. The highest BCUT2D eigenvalue weighted by molar-refractivity contribution is 5.76. The number of carbonyl (C=O) groups excluding carboxylic acids is 2. The van der Waals surface area contributed by atoms with Crippen LogP contribution in [0.25, 0.3) is 0 Å². The molecule has 1 N–H and O–H groups in total. The van der Waals surface area contributed by atoms with Crippen LogP contribution >= 0.6 is 0 Å². The van der Waals surface area contributed by atoms with Crippen LogP contribution < -0.4 is 5.32 Å². The quantitative estimate of drug-likeness (QED) is 0.589. The minimum absolute atomic E-state index is 0.323. The van der Waals surface area contributed by atoms with Gasteiger partial charge in [-0.25, -0.2) is 4.79 Å². The standard InChI is InChI=1S/C12H19NO4/c1-12(2,3)17-11(15)13-9-7-5-6-8(9)10(14)16-4/h5,7-9H,6H2,1-4H3,(H,13,15). The molecular formula is C12H19NO4. The number of hydrogen-bond acceptors (Lipinski definition) is 4. The van der Waals surface area contributed by atoms with Gasteiger partial charge in [0.05, 0.1) is 19.1 Å². The lowest BCUT2D eigenvalue weighted by molar-refractivity contribution is -0.145. The first-order valence-electron chi connectivity index (χ1n) is 5.57. The third-order valence-electron chi connectivity index (χ3n) is 2.35. The number of methoxy groups -OCH3 is 1. The Balaban J connectivity index is 2.53. The molecule has 96 valence electrons. The zero-order valence-corrected chi connectivity index (χ0v) is 10.6. The van der Waals surface area contributed by atoms with Crippen molar-refractivity contribution in [2.45, 2.75) is 38.8 Å². The maximum atomic E-state index is 11.6. The molecule has 2 atom stereocenters. The van der Waals surface area contributed by atoms with Gasteiger partial charge in [0.25, 0.3) is 0 Å². The number of ether oxygens (including phenoxy) is 2. The van der Waals surface area contributed by atoms with E-state index < -0.39 is 11.7 Å². The summed E-state index contributed by atoms with van der Waals surface area (Å²) in [6.07, 6.45) is 3.69. The van der Waals surface area contributed by atoms with E-state index in [0.717, 1.165) is 0 Å². The Bertz CT molecular complexity index is 330. The number of amides is 1. The molecule has 1 aliphatic rings. The molecule has 5 nitrogen and oxygen atoms in total. The van der Waals surface area contributed by atoms with Crippen molar-refractivity contribution in [3.8, 4) is 0 Å². The van der Waals surface area contributed by atoms with Crippen LogP contribution in [-0.2, 0) is 14.3 Å². The van der Waals surface area contributed by atoms with Crippen LogP contribution in [0.4, 0.5) is 4.79 Å². The maximum Gasteiger partial charge on any atom is 0.408 e. The topological polar surface area (TPSA) is 64.6 Å². The normalized spacial score (nSPS) is 23.3. The third-order valence-corrected chi connectivity index (χ3v) is 2.35. The fraction of sp³-hybridized carbons (Fsp3) is 0.667. The molecule has 0 spiro atoms. The summed E-state index contributed by atoms with van der Waals surface area (Å²) >= 11 is 0. The van der Waals surface area contributed by atoms with E-state index >= 15 is 0 Å². The van der Waals surface area contributed by atoms with E-state index in [4.69, 9.17) is 4.74 Å². The van der Waals surface area contributed by atoms with Gasteiger partial charge in [-0.15, -0.1) is 0 Å². The van der Waals surface area contributed by atoms with Crippen LogP contribution in [-0.4, -0.2) is 30.8 Å². The largest absolute Gasteiger partial charge is 0.469 e. The first kappa shape index (κ1) is 13.5. The van der Waals surface area contributed by atoms with Crippen molar-refractivity contribution in [2.75, 3.05) is 7.11 Å². The van der Waals surface area contributed by atoms with Crippen LogP contribution in [0, 0.1) is 5.92 Å². The van der Waals surface area contributed by atoms with Crippen molar-refractivity contribution < 1.29 is 19.1 Å². The highest BCUT2D eigenvalue weighted by Gasteiger charge is 2.32. The summed E-state index contributed by atoms with van der Waals surface area (Å²) in [5.74, 6) is -0.677. The summed E-state index contributed by atoms with van der Waals surface area (Å²) in [5.41, 5.74) is -0.548. The van der Waals surface area contributed by atoms with E-state index in [1.807, 2.05) is 6.08 Å². The van der Waals surface area contributed by atoms with Crippen molar-refractivity contribution in [1.29, 1.82) is 0 Å². The first-order chi connectivity index (χ1) is 7.83. The highest BCUT2D eigenvalue weighted by atomic mass is 16.6. The molecule has 0 radical (unpaired) electrons. The lowest BCUT2D eigenvalue weighted by Gasteiger charge is -2.23. The molecule has 1 amide bonds. The molecule has 0 bridgehead atoms. The Morgan fingerprint density at radius 1 is 1.35 bits per heavy atom. The van der Waals surface area contributed by atoms with Crippen molar-refractivity contribution >= 4 is 12.1 Å². The molecule has 0 fully saturated rings. The fourth-order valence-electron chi connectivity index (χ4n) is 1.64. The zero-order valence-electron chi connectivity index (χ0n) is 10.6. The molecule has 0 aromatic rings. The van der Waals surface area contributed by atoms with E-state index in [9.17, 15) is 9.59 Å². The van der Waals surface area contributed by atoms with Gasteiger partial charge in [-0.05, 0) is 27.2 Å². The van der Waals surface area contributed by atoms with Gasteiger partial charge in [-0.2, -0.15) is 0 Å².